The molecule has 0 aliphatic carbocycles. The maximum atomic E-state index is 4.39. The van der Waals surface area contributed by atoms with Gasteiger partial charge in [0.25, 0.3) is 0 Å². The van der Waals surface area contributed by atoms with E-state index in [9.17, 15) is 0 Å². The highest BCUT2D eigenvalue weighted by atomic mass is 14.9. The Morgan fingerprint density at radius 1 is 1.05 bits per heavy atom. The van der Waals surface area contributed by atoms with E-state index >= 15 is 0 Å². The number of hydrogen-bond donors (Lipinski definition) is 1. The van der Waals surface area contributed by atoms with Crippen molar-refractivity contribution in [1.82, 2.24) is 20.3 Å². The van der Waals surface area contributed by atoms with Crippen LogP contribution in [0.3, 0.4) is 0 Å². The van der Waals surface area contributed by atoms with Gasteiger partial charge in [0.05, 0.1) is 17.3 Å². The van der Waals surface area contributed by atoms with E-state index < -0.39 is 0 Å². The second-order valence-corrected chi connectivity index (χ2v) is 4.31. The van der Waals surface area contributed by atoms with Crippen LogP contribution in [-0.2, 0) is 0 Å². The van der Waals surface area contributed by atoms with E-state index in [-0.39, 0.29) is 6.04 Å². The van der Waals surface area contributed by atoms with Crippen LogP contribution in [0.4, 0.5) is 0 Å². The topological polar surface area (TPSA) is 50.7 Å². The van der Waals surface area contributed by atoms with Gasteiger partial charge in [-0.15, -0.1) is 0 Å². The van der Waals surface area contributed by atoms with Gasteiger partial charge in [-0.1, -0.05) is 18.2 Å². The third-order valence-electron chi connectivity index (χ3n) is 3.15. The van der Waals surface area contributed by atoms with Crippen LogP contribution in [0.1, 0.15) is 17.3 Å². The number of hydrogen-bond acceptors (Lipinski definition) is 4. The summed E-state index contributed by atoms with van der Waals surface area (Å²) in [5.41, 5.74) is 3.09. The lowest BCUT2D eigenvalue weighted by Crippen LogP contribution is -2.18. The molecule has 3 rings (SSSR count). The second-order valence-electron chi connectivity index (χ2n) is 4.31. The molecule has 0 aliphatic rings. The molecule has 94 valence electrons. The molecule has 4 nitrogen and oxygen atoms in total. The molecule has 3 aromatic rings. The minimum absolute atomic E-state index is 0.0504. The molecule has 1 N–H and O–H groups in total. The van der Waals surface area contributed by atoms with Gasteiger partial charge in [0.15, 0.2) is 0 Å². The van der Waals surface area contributed by atoms with Crippen molar-refractivity contribution in [3.8, 4) is 0 Å². The maximum absolute atomic E-state index is 4.39. The van der Waals surface area contributed by atoms with Crippen molar-refractivity contribution in [1.29, 1.82) is 0 Å². The maximum Gasteiger partial charge on any atom is 0.115 e. The Labute approximate surface area is 111 Å². The monoisotopic (exact) mass is 250 g/mol. The fraction of sp³-hybridized carbons (Fsp3) is 0.133. The van der Waals surface area contributed by atoms with Crippen LogP contribution in [0.5, 0.6) is 0 Å². The molecule has 19 heavy (non-hydrogen) atoms. The van der Waals surface area contributed by atoms with Crippen molar-refractivity contribution >= 4 is 10.9 Å². The molecule has 0 bridgehead atoms. The molecule has 4 heteroatoms. The Hall–Kier alpha value is -2.33. The van der Waals surface area contributed by atoms with Crippen molar-refractivity contribution < 1.29 is 0 Å². The molecule has 0 saturated heterocycles. The van der Waals surface area contributed by atoms with E-state index in [1.165, 1.54) is 0 Å². The average Bonchev–Trinajstić information content (AvgIpc) is 2.49. The second kappa shape index (κ2) is 5.12. The quantitative estimate of drug-likeness (QED) is 0.775. The standard InChI is InChI=1S/C15H14N4/c1-16-15(13-6-8-17-10-19-13)12-5-4-11-3-2-7-18-14(11)9-12/h2-10,15-16H,1H3. The molecule has 2 heterocycles. The van der Waals surface area contributed by atoms with Crippen molar-refractivity contribution in [2.24, 2.45) is 0 Å². The normalized spacial score (nSPS) is 12.5. The Morgan fingerprint density at radius 2 is 2.00 bits per heavy atom. The summed E-state index contributed by atoms with van der Waals surface area (Å²) in [6.07, 6.45) is 5.14. The molecule has 0 saturated carbocycles. The van der Waals surface area contributed by atoms with Crippen LogP contribution in [0, 0.1) is 0 Å². The van der Waals surface area contributed by atoms with E-state index in [0.29, 0.717) is 0 Å². The molecule has 0 radical (unpaired) electrons. The van der Waals surface area contributed by atoms with Crippen LogP contribution in [0.2, 0.25) is 0 Å². The highest BCUT2D eigenvalue weighted by Gasteiger charge is 2.13. The van der Waals surface area contributed by atoms with Gasteiger partial charge in [-0.3, -0.25) is 4.98 Å². The number of nitrogens with one attached hydrogen (secondary N) is 1. The van der Waals surface area contributed by atoms with E-state index in [2.05, 4.69) is 44.5 Å². The predicted octanol–water partition coefficient (Wildman–Crippen LogP) is 2.33. The van der Waals surface area contributed by atoms with Gasteiger partial charge >= 0.3 is 0 Å². The Bertz CT molecular complexity index is 682. The van der Waals surface area contributed by atoms with Crippen LogP contribution in [0.25, 0.3) is 10.9 Å². The number of nitrogens with zero attached hydrogens (tertiary/aromatic N) is 3. The first kappa shape index (κ1) is 11.7. The Morgan fingerprint density at radius 3 is 2.79 bits per heavy atom. The number of benzene rings is 1. The summed E-state index contributed by atoms with van der Waals surface area (Å²) in [7, 11) is 1.93. The van der Waals surface area contributed by atoms with Crippen molar-refractivity contribution in [3.63, 3.8) is 0 Å². The third-order valence-corrected chi connectivity index (χ3v) is 3.15. The van der Waals surface area contributed by atoms with Crippen LogP contribution < -0.4 is 5.32 Å². The van der Waals surface area contributed by atoms with Gasteiger partial charge in [0, 0.05) is 17.8 Å². The molecule has 2 aromatic heterocycles. The number of aromatic nitrogens is 3. The van der Waals surface area contributed by atoms with Gasteiger partial charge in [0.1, 0.15) is 6.33 Å². The molecule has 0 amide bonds. The molecule has 0 fully saturated rings. The van der Waals surface area contributed by atoms with E-state index in [1.54, 1.807) is 12.5 Å². The minimum atomic E-state index is 0.0504. The first-order valence-corrected chi connectivity index (χ1v) is 6.16. The highest BCUT2D eigenvalue weighted by Crippen LogP contribution is 2.22. The first-order valence-electron chi connectivity index (χ1n) is 6.16. The lowest BCUT2D eigenvalue weighted by Gasteiger charge is -2.16. The summed E-state index contributed by atoms with van der Waals surface area (Å²) < 4.78 is 0. The van der Waals surface area contributed by atoms with Crippen LogP contribution in [-0.4, -0.2) is 22.0 Å². The van der Waals surface area contributed by atoms with Crippen LogP contribution >= 0.6 is 0 Å². The summed E-state index contributed by atoms with van der Waals surface area (Å²) in [5.74, 6) is 0. The number of pyridine rings is 1. The summed E-state index contributed by atoms with van der Waals surface area (Å²) in [4.78, 5) is 12.7. The fourth-order valence-corrected chi connectivity index (χ4v) is 2.22. The van der Waals surface area contributed by atoms with Gasteiger partial charge < -0.3 is 5.32 Å². The number of rotatable bonds is 3. The summed E-state index contributed by atoms with van der Waals surface area (Å²) in [6.45, 7) is 0. The molecular weight excluding hydrogens is 236 g/mol. The van der Waals surface area contributed by atoms with Gasteiger partial charge in [-0.2, -0.15) is 0 Å². The average molecular weight is 250 g/mol. The summed E-state index contributed by atoms with van der Waals surface area (Å²) in [6, 6.07) is 12.3. The minimum Gasteiger partial charge on any atom is -0.308 e. The number of fused-ring (bicyclic) bond motifs is 1. The largest absolute Gasteiger partial charge is 0.308 e. The highest BCUT2D eigenvalue weighted by molar-refractivity contribution is 5.79. The zero-order chi connectivity index (χ0) is 13.1. The Balaban J connectivity index is 2.06. The fourth-order valence-electron chi connectivity index (χ4n) is 2.22. The van der Waals surface area contributed by atoms with Gasteiger partial charge in [-0.25, -0.2) is 9.97 Å². The SMILES string of the molecule is CNC(c1ccc2cccnc2c1)c1ccncn1. The van der Waals surface area contributed by atoms with E-state index in [0.717, 1.165) is 22.2 Å². The van der Waals surface area contributed by atoms with E-state index in [4.69, 9.17) is 0 Å². The van der Waals surface area contributed by atoms with Crippen molar-refractivity contribution in [2.45, 2.75) is 6.04 Å². The predicted molar refractivity (Wildman–Crippen MR) is 74.7 cm³/mol. The summed E-state index contributed by atoms with van der Waals surface area (Å²) >= 11 is 0. The van der Waals surface area contributed by atoms with Crippen molar-refractivity contribution in [2.75, 3.05) is 7.05 Å². The summed E-state index contributed by atoms with van der Waals surface area (Å²) in [5, 5.41) is 4.42. The lowest BCUT2D eigenvalue weighted by molar-refractivity contribution is 0.669. The molecule has 0 spiro atoms. The molecule has 1 aromatic carbocycles. The van der Waals surface area contributed by atoms with Crippen LogP contribution in [0.15, 0.2) is 55.1 Å². The molecular formula is C15H14N4. The van der Waals surface area contributed by atoms with E-state index in [1.807, 2.05) is 25.4 Å². The smallest absolute Gasteiger partial charge is 0.115 e. The van der Waals surface area contributed by atoms with Gasteiger partial charge in [-0.05, 0) is 30.8 Å². The third kappa shape index (κ3) is 2.30. The zero-order valence-corrected chi connectivity index (χ0v) is 10.6. The van der Waals surface area contributed by atoms with Crippen molar-refractivity contribution in [3.05, 3.63) is 66.4 Å². The van der Waals surface area contributed by atoms with Gasteiger partial charge in [0.2, 0.25) is 0 Å². The lowest BCUT2D eigenvalue weighted by atomic mass is 10.0. The first-order chi connectivity index (χ1) is 9.38. The molecule has 1 unspecified atom stereocenters. The Kier molecular flexibility index (Phi) is 3.16. The zero-order valence-electron chi connectivity index (χ0n) is 10.6. The molecule has 1 atom stereocenters. The molecule has 0 aliphatic heterocycles.